The van der Waals surface area contributed by atoms with Crippen LogP contribution in [0.3, 0.4) is 0 Å². The highest BCUT2D eigenvalue weighted by molar-refractivity contribution is 9.09. The van der Waals surface area contributed by atoms with E-state index >= 15 is 0 Å². The lowest BCUT2D eigenvalue weighted by Crippen LogP contribution is -2.28. The Kier molecular flexibility index (Phi) is 7.49. The molecule has 0 unspecified atom stereocenters. The summed E-state index contributed by atoms with van der Waals surface area (Å²) >= 11 is 3.53. The van der Waals surface area contributed by atoms with Crippen LogP contribution in [0.15, 0.2) is 30.3 Å². The summed E-state index contributed by atoms with van der Waals surface area (Å²) in [5, 5.41) is 1.04. The van der Waals surface area contributed by atoms with Crippen molar-refractivity contribution < 1.29 is 0 Å². The van der Waals surface area contributed by atoms with Crippen molar-refractivity contribution in [3.05, 3.63) is 35.9 Å². The van der Waals surface area contributed by atoms with Crippen LogP contribution in [-0.4, -0.2) is 48.9 Å². The Hall–Kier alpha value is -0.380. The van der Waals surface area contributed by atoms with Crippen LogP contribution in [-0.2, 0) is 6.54 Å². The third-order valence-corrected chi connectivity index (χ3v) is 3.08. The summed E-state index contributed by atoms with van der Waals surface area (Å²) in [5.74, 6) is 0. The molecule has 1 aromatic carbocycles. The number of benzene rings is 1. The van der Waals surface area contributed by atoms with E-state index in [2.05, 4.69) is 70.2 Å². The zero-order valence-corrected chi connectivity index (χ0v) is 12.5. The third kappa shape index (κ3) is 6.81. The van der Waals surface area contributed by atoms with Crippen LogP contribution in [0.4, 0.5) is 0 Å². The fourth-order valence-corrected chi connectivity index (χ4v) is 2.34. The number of rotatable bonds is 8. The Morgan fingerprint density at radius 3 is 2.29 bits per heavy atom. The Morgan fingerprint density at radius 1 is 1.00 bits per heavy atom. The molecule has 1 aromatic rings. The molecule has 0 saturated carbocycles. The molecule has 0 atom stereocenters. The first kappa shape index (κ1) is 14.7. The maximum absolute atomic E-state index is 3.53. The van der Waals surface area contributed by atoms with Crippen molar-refractivity contribution in [3.8, 4) is 0 Å². The van der Waals surface area contributed by atoms with Gasteiger partial charge in [-0.3, -0.25) is 4.90 Å². The number of alkyl halides is 1. The average Bonchev–Trinajstić information content (AvgIpc) is 2.30. The first-order valence-corrected chi connectivity index (χ1v) is 7.31. The number of hydrogen-bond acceptors (Lipinski definition) is 2. The normalized spacial score (nSPS) is 11.4. The van der Waals surface area contributed by atoms with E-state index < -0.39 is 0 Å². The molecule has 96 valence electrons. The van der Waals surface area contributed by atoms with Crippen LogP contribution in [0.2, 0.25) is 0 Å². The lowest BCUT2D eigenvalue weighted by atomic mass is 10.2. The summed E-state index contributed by atoms with van der Waals surface area (Å²) in [6.07, 6.45) is 1.23. The molecule has 0 amide bonds. The zero-order valence-electron chi connectivity index (χ0n) is 10.9. The van der Waals surface area contributed by atoms with Crippen LogP contribution >= 0.6 is 15.9 Å². The van der Waals surface area contributed by atoms with Gasteiger partial charge in [-0.2, -0.15) is 0 Å². The maximum Gasteiger partial charge on any atom is 0.0234 e. The van der Waals surface area contributed by atoms with E-state index in [0.29, 0.717) is 0 Å². The first-order valence-electron chi connectivity index (χ1n) is 6.19. The fourth-order valence-electron chi connectivity index (χ4n) is 1.84. The molecule has 0 radical (unpaired) electrons. The van der Waals surface area contributed by atoms with Gasteiger partial charge in [0.2, 0.25) is 0 Å². The van der Waals surface area contributed by atoms with Crippen LogP contribution in [0.1, 0.15) is 12.0 Å². The minimum absolute atomic E-state index is 1.04. The monoisotopic (exact) mass is 298 g/mol. The van der Waals surface area contributed by atoms with Gasteiger partial charge in [0.15, 0.2) is 0 Å². The highest BCUT2D eigenvalue weighted by Gasteiger charge is 2.05. The third-order valence-electron chi connectivity index (χ3n) is 2.73. The number of nitrogens with zero attached hydrogens (tertiary/aromatic N) is 2. The smallest absolute Gasteiger partial charge is 0.0234 e. The lowest BCUT2D eigenvalue weighted by molar-refractivity contribution is 0.261. The van der Waals surface area contributed by atoms with E-state index in [-0.39, 0.29) is 0 Å². The predicted octanol–water partition coefficient (Wildman–Crippen LogP) is 2.84. The van der Waals surface area contributed by atoms with Gasteiger partial charge >= 0.3 is 0 Å². The second-order valence-corrected chi connectivity index (χ2v) is 5.40. The van der Waals surface area contributed by atoms with E-state index in [1.54, 1.807) is 0 Å². The first-order chi connectivity index (χ1) is 8.22. The molecule has 1 rings (SSSR count). The topological polar surface area (TPSA) is 6.48 Å². The summed E-state index contributed by atoms with van der Waals surface area (Å²) in [6, 6.07) is 10.7. The van der Waals surface area contributed by atoms with Crippen molar-refractivity contribution in [1.29, 1.82) is 0 Å². The van der Waals surface area contributed by atoms with Crippen molar-refractivity contribution in [3.63, 3.8) is 0 Å². The van der Waals surface area contributed by atoms with Crippen molar-refractivity contribution in [2.45, 2.75) is 13.0 Å². The predicted molar refractivity (Wildman–Crippen MR) is 78.7 cm³/mol. The molecule has 0 bridgehead atoms. The van der Waals surface area contributed by atoms with E-state index in [1.165, 1.54) is 18.5 Å². The van der Waals surface area contributed by atoms with Gasteiger partial charge in [-0.25, -0.2) is 0 Å². The van der Waals surface area contributed by atoms with Crippen molar-refractivity contribution in [1.82, 2.24) is 9.80 Å². The van der Waals surface area contributed by atoms with E-state index in [1.807, 2.05) is 0 Å². The largest absolute Gasteiger partial charge is 0.309 e. The SMILES string of the molecule is CN(C)CCCN(CCBr)Cc1ccccc1. The Morgan fingerprint density at radius 2 is 1.71 bits per heavy atom. The molecule has 0 saturated heterocycles. The molecule has 0 aromatic heterocycles. The molecule has 2 nitrogen and oxygen atoms in total. The Balaban J connectivity index is 2.37. The molecular formula is C14H23BrN2. The van der Waals surface area contributed by atoms with Gasteiger partial charge in [0.05, 0.1) is 0 Å². The summed E-state index contributed by atoms with van der Waals surface area (Å²) in [6.45, 7) is 4.49. The minimum atomic E-state index is 1.04. The van der Waals surface area contributed by atoms with Crippen molar-refractivity contribution in [2.24, 2.45) is 0 Å². The molecule has 0 aliphatic rings. The molecule has 3 heteroatoms. The van der Waals surface area contributed by atoms with Crippen LogP contribution in [0, 0.1) is 0 Å². The fraction of sp³-hybridized carbons (Fsp3) is 0.571. The van der Waals surface area contributed by atoms with Crippen LogP contribution < -0.4 is 0 Å². The van der Waals surface area contributed by atoms with Gasteiger partial charge in [0, 0.05) is 18.4 Å². The molecular weight excluding hydrogens is 276 g/mol. The van der Waals surface area contributed by atoms with Crippen molar-refractivity contribution >= 4 is 15.9 Å². The average molecular weight is 299 g/mol. The quantitative estimate of drug-likeness (QED) is 0.681. The van der Waals surface area contributed by atoms with Gasteiger partial charge in [-0.05, 0) is 39.2 Å². The van der Waals surface area contributed by atoms with E-state index in [0.717, 1.165) is 25.0 Å². The minimum Gasteiger partial charge on any atom is -0.309 e. The molecule has 0 aliphatic heterocycles. The number of hydrogen-bond donors (Lipinski definition) is 0. The second-order valence-electron chi connectivity index (χ2n) is 4.61. The van der Waals surface area contributed by atoms with E-state index in [9.17, 15) is 0 Å². The molecule has 0 fully saturated rings. The molecule has 0 aliphatic carbocycles. The summed E-state index contributed by atoms with van der Waals surface area (Å²) in [7, 11) is 4.26. The lowest BCUT2D eigenvalue weighted by Gasteiger charge is -2.22. The molecule has 0 heterocycles. The van der Waals surface area contributed by atoms with Crippen LogP contribution in [0.25, 0.3) is 0 Å². The summed E-state index contributed by atoms with van der Waals surface area (Å²) in [4.78, 5) is 4.75. The second kappa shape index (κ2) is 8.67. The van der Waals surface area contributed by atoms with E-state index in [4.69, 9.17) is 0 Å². The highest BCUT2D eigenvalue weighted by Crippen LogP contribution is 2.05. The Bertz CT molecular complexity index is 288. The molecule has 17 heavy (non-hydrogen) atoms. The maximum atomic E-state index is 3.53. The van der Waals surface area contributed by atoms with Crippen LogP contribution in [0.5, 0.6) is 0 Å². The van der Waals surface area contributed by atoms with Gasteiger partial charge in [-0.15, -0.1) is 0 Å². The highest BCUT2D eigenvalue weighted by atomic mass is 79.9. The zero-order chi connectivity index (χ0) is 12.5. The Labute approximate surface area is 114 Å². The van der Waals surface area contributed by atoms with Gasteiger partial charge < -0.3 is 4.90 Å². The standard InChI is InChI=1S/C14H23BrN2/c1-16(2)10-6-11-17(12-9-15)13-14-7-4-3-5-8-14/h3-5,7-8H,6,9-13H2,1-2H3. The summed E-state index contributed by atoms with van der Waals surface area (Å²) in [5.41, 5.74) is 1.40. The van der Waals surface area contributed by atoms with Gasteiger partial charge in [0.25, 0.3) is 0 Å². The summed E-state index contributed by atoms with van der Waals surface area (Å²) < 4.78 is 0. The van der Waals surface area contributed by atoms with Gasteiger partial charge in [-0.1, -0.05) is 46.3 Å². The number of halogens is 1. The molecule has 0 spiro atoms. The van der Waals surface area contributed by atoms with Crippen molar-refractivity contribution in [2.75, 3.05) is 39.1 Å². The molecule has 0 N–H and O–H groups in total. The van der Waals surface area contributed by atoms with Gasteiger partial charge in [0.1, 0.15) is 0 Å².